The van der Waals surface area contributed by atoms with E-state index in [0.29, 0.717) is 33.4 Å². The highest BCUT2D eigenvalue weighted by Crippen LogP contribution is 2.50. The SMILES string of the molecule is CCNc1ccc(C#N)cc1/N=C1\S/C(=C2\Sc3ccccc3N2C)C(=O)N1Cc1ccccc1C(F)(F)F. The Morgan fingerprint density at radius 3 is 2.51 bits per heavy atom. The molecular weight excluding hydrogens is 543 g/mol. The molecule has 0 bridgehead atoms. The van der Waals surface area contributed by atoms with Crippen LogP contribution < -0.4 is 10.2 Å². The van der Waals surface area contributed by atoms with Crippen LogP contribution in [0.15, 0.2) is 86.6 Å². The lowest BCUT2D eigenvalue weighted by atomic mass is 10.1. The van der Waals surface area contributed by atoms with Crippen molar-refractivity contribution in [2.75, 3.05) is 23.8 Å². The molecule has 1 N–H and O–H groups in total. The molecule has 1 fully saturated rings. The average Bonchev–Trinajstić information content (AvgIpc) is 3.41. The number of nitrogens with one attached hydrogen (secondary N) is 1. The number of nitrogens with zero attached hydrogens (tertiary/aromatic N) is 4. The fourth-order valence-electron chi connectivity index (χ4n) is 4.30. The molecule has 0 unspecified atom stereocenters. The number of aliphatic imine (C=N–C) groups is 1. The molecule has 0 aliphatic carbocycles. The molecule has 2 heterocycles. The number of hydrogen-bond acceptors (Lipinski definition) is 7. The van der Waals surface area contributed by atoms with Gasteiger partial charge in [0.25, 0.3) is 5.91 Å². The number of nitriles is 1. The minimum Gasteiger partial charge on any atom is -0.384 e. The van der Waals surface area contributed by atoms with Crippen LogP contribution in [0.4, 0.5) is 30.2 Å². The molecule has 0 saturated carbocycles. The van der Waals surface area contributed by atoms with E-state index in [1.54, 1.807) is 18.2 Å². The molecule has 11 heteroatoms. The summed E-state index contributed by atoms with van der Waals surface area (Å²) in [5.41, 5.74) is 1.54. The van der Waals surface area contributed by atoms with Crippen LogP contribution in [0.1, 0.15) is 23.6 Å². The van der Waals surface area contributed by atoms with Gasteiger partial charge in [-0.25, -0.2) is 4.99 Å². The zero-order chi connectivity index (χ0) is 27.7. The number of alkyl halides is 3. The fraction of sp³-hybridized carbons (Fsp3) is 0.179. The molecule has 39 heavy (non-hydrogen) atoms. The van der Waals surface area contributed by atoms with Gasteiger partial charge in [-0.2, -0.15) is 18.4 Å². The van der Waals surface area contributed by atoms with E-state index < -0.39 is 17.6 Å². The number of fused-ring (bicyclic) bond motifs is 1. The first kappa shape index (κ1) is 26.7. The van der Waals surface area contributed by atoms with Gasteiger partial charge < -0.3 is 10.2 Å². The van der Waals surface area contributed by atoms with E-state index in [1.165, 1.54) is 34.9 Å². The Kier molecular flexibility index (Phi) is 7.34. The predicted octanol–water partition coefficient (Wildman–Crippen LogP) is 7.18. The molecule has 2 aliphatic rings. The summed E-state index contributed by atoms with van der Waals surface area (Å²) in [7, 11) is 1.85. The predicted molar refractivity (Wildman–Crippen MR) is 150 cm³/mol. The van der Waals surface area contributed by atoms with Crippen molar-refractivity contribution >= 4 is 51.7 Å². The van der Waals surface area contributed by atoms with E-state index in [0.717, 1.165) is 28.4 Å². The summed E-state index contributed by atoms with van der Waals surface area (Å²) >= 11 is 2.55. The van der Waals surface area contributed by atoms with Gasteiger partial charge in [0.15, 0.2) is 5.17 Å². The van der Waals surface area contributed by atoms with Crippen LogP contribution in [0.25, 0.3) is 0 Å². The minimum atomic E-state index is -4.58. The van der Waals surface area contributed by atoms with E-state index in [9.17, 15) is 23.2 Å². The number of hydrogen-bond donors (Lipinski definition) is 1. The molecule has 3 aromatic rings. The summed E-state index contributed by atoms with van der Waals surface area (Å²) in [5.74, 6) is -0.431. The Balaban J connectivity index is 1.63. The lowest BCUT2D eigenvalue weighted by Crippen LogP contribution is -2.30. The number of carbonyl (C=O) groups excluding carboxylic acids is 1. The van der Waals surface area contributed by atoms with Gasteiger partial charge >= 0.3 is 6.18 Å². The van der Waals surface area contributed by atoms with Gasteiger partial charge in [-0.15, -0.1) is 0 Å². The van der Waals surface area contributed by atoms with Gasteiger partial charge in [-0.1, -0.05) is 42.1 Å². The molecule has 2 aliphatic heterocycles. The van der Waals surface area contributed by atoms with Crippen molar-refractivity contribution in [1.29, 1.82) is 5.26 Å². The van der Waals surface area contributed by atoms with E-state index in [2.05, 4.69) is 11.4 Å². The summed E-state index contributed by atoms with van der Waals surface area (Å²) in [6.07, 6.45) is -4.58. The van der Waals surface area contributed by atoms with Crippen molar-refractivity contribution in [1.82, 2.24) is 4.90 Å². The summed E-state index contributed by atoms with van der Waals surface area (Å²) in [5, 5.41) is 13.5. The number of para-hydroxylation sites is 1. The molecule has 1 amide bonds. The Bertz CT molecular complexity index is 1560. The smallest absolute Gasteiger partial charge is 0.384 e. The van der Waals surface area contributed by atoms with Crippen LogP contribution in [-0.4, -0.2) is 29.6 Å². The van der Waals surface area contributed by atoms with Crippen molar-refractivity contribution in [2.45, 2.75) is 24.5 Å². The number of amides is 1. The number of halogens is 3. The topological polar surface area (TPSA) is 71.7 Å². The first-order valence-corrected chi connectivity index (χ1v) is 13.6. The second-order valence-corrected chi connectivity index (χ2v) is 10.7. The molecule has 0 aromatic heterocycles. The number of amidine groups is 1. The van der Waals surface area contributed by atoms with Crippen molar-refractivity contribution in [2.24, 2.45) is 4.99 Å². The number of rotatable bonds is 5. The normalized spacial score (nSPS) is 18.1. The summed E-state index contributed by atoms with van der Waals surface area (Å²) in [4.78, 5) is 23.1. The second-order valence-electron chi connectivity index (χ2n) is 8.68. The summed E-state index contributed by atoms with van der Waals surface area (Å²) < 4.78 is 41.4. The first-order valence-electron chi connectivity index (χ1n) is 12.0. The standard InChI is InChI=1S/C28H22F3N5OS2/c1-3-33-20-13-12-17(15-32)14-21(20)34-27-36(16-18-8-4-5-9-19(18)28(29,30)31)25(37)24(39-27)26-35(2)22-10-6-7-11-23(22)38-26/h4-14,33H,3,16H2,1-2H3/b26-24-,34-27-. The Hall–Kier alpha value is -3.88. The lowest BCUT2D eigenvalue weighted by molar-refractivity contribution is -0.138. The maximum absolute atomic E-state index is 13.9. The molecule has 0 radical (unpaired) electrons. The van der Waals surface area contributed by atoms with Crippen molar-refractivity contribution < 1.29 is 18.0 Å². The Morgan fingerprint density at radius 2 is 1.79 bits per heavy atom. The quantitative estimate of drug-likeness (QED) is 0.331. The molecule has 198 valence electrons. The summed E-state index contributed by atoms with van der Waals surface area (Å²) in [6.45, 7) is 2.19. The molecule has 3 aromatic carbocycles. The minimum absolute atomic E-state index is 0.0358. The molecule has 0 atom stereocenters. The number of carbonyl (C=O) groups is 1. The zero-order valence-electron chi connectivity index (χ0n) is 20.9. The largest absolute Gasteiger partial charge is 0.416 e. The van der Waals surface area contributed by atoms with Crippen LogP contribution in [0, 0.1) is 11.3 Å². The molecule has 5 rings (SSSR count). The Morgan fingerprint density at radius 1 is 1.05 bits per heavy atom. The van der Waals surface area contributed by atoms with E-state index in [-0.39, 0.29) is 17.3 Å². The van der Waals surface area contributed by atoms with Gasteiger partial charge in [0.2, 0.25) is 0 Å². The molecular formula is C28H22F3N5OS2. The van der Waals surface area contributed by atoms with Gasteiger partial charge in [0.05, 0.1) is 45.8 Å². The third-order valence-electron chi connectivity index (χ3n) is 6.16. The van der Waals surface area contributed by atoms with Crippen LogP contribution in [-0.2, 0) is 17.5 Å². The van der Waals surface area contributed by atoms with Gasteiger partial charge in [-0.3, -0.25) is 9.69 Å². The Labute approximate surface area is 232 Å². The summed E-state index contributed by atoms with van der Waals surface area (Å²) in [6, 6.07) is 20.0. The van der Waals surface area contributed by atoms with Crippen LogP contribution in [0.5, 0.6) is 0 Å². The third-order valence-corrected chi connectivity index (χ3v) is 8.59. The van der Waals surface area contributed by atoms with Gasteiger partial charge in [0, 0.05) is 18.5 Å². The van der Waals surface area contributed by atoms with Crippen molar-refractivity contribution in [3.05, 3.63) is 93.4 Å². The third kappa shape index (κ3) is 5.22. The molecule has 1 saturated heterocycles. The van der Waals surface area contributed by atoms with Crippen molar-refractivity contribution in [3.63, 3.8) is 0 Å². The maximum atomic E-state index is 13.9. The number of benzene rings is 3. The first-order chi connectivity index (χ1) is 18.7. The monoisotopic (exact) mass is 565 g/mol. The van der Waals surface area contributed by atoms with Crippen LogP contribution in [0.3, 0.4) is 0 Å². The lowest BCUT2D eigenvalue weighted by Gasteiger charge is -2.20. The highest BCUT2D eigenvalue weighted by Gasteiger charge is 2.41. The average molecular weight is 566 g/mol. The number of thioether (sulfide) groups is 2. The van der Waals surface area contributed by atoms with Crippen LogP contribution >= 0.6 is 23.5 Å². The van der Waals surface area contributed by atoms with Crippen molar-refractivity contribution in [3.8, 4) is 6.07 Å². The van der Waals surface area contributed by atoms with E-state index in [4.69, 9.17) is 4.99 Å². The van der Waals surface area contributed by atoms with Gasteiger partial charge in [0.1, 0.15) is 4.91 Å². The fourth-order valence-corrected chi connectivity index (χ4v) is 6.64. The second kappa shape index (κ2) is 10.7. The molecule has 0 spiro atoms. The van der Waals surface area contributed by atoms with E-state index >= 15 is 0 Å². The zero-order valence-corrected chi connectivity index (χ0v) is 22.5. The number of anilines is 2. The maximum Gasteiger partial charge on any atom is 0.416 e. The van der Waals surface area contributed by atoms with Crippen LogP contribution in [0.2, 0.25) is 0 Å². The highest BCUT2D eigenvalue weighted by atomic mass is 32.2. The highest BCUT2D eigenvalue weighted by molar-refractivity contribution is 8.19. The van der Waals surface area contributed by atoms with E-state index in [1.807, 2.05) is 43.1 Å². The van der Waals surface area contributed by atoms with Gasteiger partial charge in [-0.05, 0) is 60.6 Å². The molecule has 6 nitrogen and oxygen atoms in total.